The fourth-order valence-electron chi connectivity index (χ4n) is 2.41. The topological polar surface area (TPSA) is 35.8 Å². The van der Waals surface area contributed by atoms with Crippen LogP contribution in [0.5, 0.6) is 0 Å². The summed E-state index contributed by atoms with van der Waals surface area (Å²) in [5, 5.41) is 13.2. The molecular formula is C15H20N2S. The summed E-state index contributed by atoms with van der Waals surface area (Å²) < 4.78 is 0. The molecule has 1 fully saturated rings. The number of hydrogen-bond acceptors (Lipinski definition) is 3. The van der Waals surface area contributed by atoms with Gasteiger partial charge in [-0.05, 0) is 43.2 Å². The molecule has 0 radical (unpaired) electrons. The Bertz CT molecular complexity index is 421. The lowest BCUT2D eigenvalue weighted by Crippen LogP contribution is -2.40. The maximum atomic E-state index is 8.79. The molecule has 0 amide bonds. The van der Waals surface area contributed by atoms with Gasteiger partial charge in [0.1, 0.15) is 0 Å². The lowest BCUT2D eigenvalue weighted by atomic mass is 10.0. The summed E-state index contributed by atoms with van der Waals surface area (Å²) in [6.07, 6.45) is 2.58. The predicted molar refractivity (Wildman–Crippen MR) is 77.6 cm³/mol. The van der Waals surface area contributed by atoms with Crippen LogP contribution in [0, 0.1) is 11.3 Å². The summed E-state index contributed by atoms with van der Waals surface area (Å²) in [6, 6.07) is 11.0. The van der Waals surface area contributed by atoms with E-state index >= 15 is 0 Å². The molecule has 18 heavy (non-hydrogen) atoms. The highest BCUT2D eigenvalue weighted by Crippen LogP contribution is 2.27. The van der Waals surface area contributed by atoms with E-state index in [4.69, 9.17) is 5.26 Å². The molecule has 96 valence electrons. The Morgan fingerprint density at radius 2 is 2.11 bits per heavy atom. The monoisotopic (exact) mass is 260 g/mol. The van der Waals surface area contributed by atoms with E-state index in [1.165, 1.54) is 24.2 Å². The summed E-state index contributed by atoms with van der Waals surface area (Å²) in [7, 11) is 0. The largest absolute Gasteiger partial charge is 0.306 e. The van der Waals surface area contributed by atoms with Gasteiger partial charge in [-0.2, -0.15) is 17.0 Å². The van der Waals surface area contributed by atoms with Crippen LogP contribution in [0.3, 0.4) is 0 Å². The van der Waals surface area contributed by atoms with Crippen LogP contribution in [0.15, 0.2) is 24.3 Å². The van der Waals surface area contributed by atoms with Crippen molar-refractivity contribution in [3.05, 3.63) is 35.4 Å². The van der Waals surface area contributed by atoms with E-state index in [2.05, 4.69) is 49.1 Å². The van der Waals surface area contributed by atoms with Crippen LogP contribution in [0.1, 0.15) is 43.9 Å². The maximum absolute atomic E-state index is 8.79. The van der Waals surface area contributed by atoms with Crippen molar-refractivity contribution in [1.82, 2.24) is 5.32 Å². The molecule has 3 atom stereocenters. The van der Waals surface area contributed by atoms with Gasteiger partial charge in [0.05, 0.1) is 11.6 Å². The van der Waals surface area contributed by atoms with Gasteiger partial charge in [0.25, 0.3) is 0 Å². The van der Waals surface area contributed by atoms with Crippen molar-refractivity contribution in [3.63, 3.8) is 0 Å². The van der Waals surface area contributed by atoms with Crippen molar-refractivity contribution in [1.29, 1.82) is 5.26 Å². The van der Waals surface area contributed by atoms with Gasteiger partial charge < -0.3 is 5.32 Å². The Labute approximate surface area is 114 Å². The number of nitrogens with zero attached hydrogens (tertiary/aromatic N) is 1. The fraction of sp³-hybridized carbons (Fsp3) is 0.533. The average Bonchev–Trinajstić information content (AvgIpc) is 2.41. The molecule has 1 saturated heterocycles. The minimum atomic E-state index is 0.351. The highest BCUT2D eigenvalue weighted by atomic mass is 32.2. The molecule has 0 spiro atoms. The Morgan fingerprint density at radius 3 is 2.72 bits per heavy atom. The highest BCUT2D eigenvalue weighted by Gasteiger charge is 2.23. The number of rotatable bonds is 3. The van der Waals surface area contributed by atoms with Crippen LogP contribution >= 0.6 is 11.8 Å². The van der Waals surface area contributed by atoms with E-state index in [1.54, 1.807) is 0 Å². The normalized spacial score (nSPS) is 25.4. The molecule has 0 saturated carbocycles. The molecule has 3 heteroatoms. The second kappa shape index (κ2) is 6.26. The number of nitrogens with one attached hydrogen (secondary N) is 1. The standard InChI is InChI=1S/C15H20N2S/c1-11(14-7-5-13(10-16)6-8-14)17-15-4-3-9-18-12(15)2/h5-8,11-12,15,17H,3-4,9H2,1-2H3. The molecule has 2 nitrogen and oxygen atoms in total. The first-order chi connectivity index (χ1) is 8.70. The molecule has 2 rings (SSSR count). The van der Waals surface area contributed by atoms with Gasteiger partial charge >= 0.3 is 0 Å². The molecular weight excluding hydrogens is 240 g/mol. The Morgan fingerprint density at radius 1 is 1.39 bits per heavy atom. The van der Waals surface area contributed by atoms with E-state index in [0.29, 0.717) is 17.3 Å². The molecule has 3 unspecified atom stereocenters. The summed E-state index contributed by atoms with van der Waals surface area (Å²) in [6.45, 7) is 4.51. The average molecular weight is 260 g/mol. The summed E-state index contributed by atoms with van der Waals surface area (Å²) >= 11 is 2.06. The van der Waals surface area contributed by atoms with E-state index in [1.807, 2.05) is 12.1 Å². The van der Waals surface area contributed by atoms with Crippen molar-refractivity contribution < 1.29 is 0 Å². The quantitative estimate of drug-likeness (QED) is 0.903. The first-order valence-electron chi connectivity index (χ1n) is 6.58. The van der Waals surface area contributed by atoms with Gasteiger partial charge in [0, 0.05) is 17.3 Å². The zero-order valence-electron chi connectivity index (χ0n) is 11.0. The van der Waals surface area contributed by atoms with Gasteiger partial charge in [0.2, 0.25) is 0 Å². The molecule has 0 aliphatic carbocycles. The molecule has 1 N–H and O–H groups in total. The van der Waals surface area contributed by atoms with Crippen LogP contribution < -0.4 is 5.32 Å². The smallest absolute Gasteiger partial charge is 0.0991 e. The third kappa shape index (κ3) is 3.28. The third-order valence-electron chi connectivity index (χ3n) is 3.61. The van der Waals surface area contributed by atoms with E-state index in [0.717, 1.165) is 5.56 Å². The maximum Gasteiger partial charge on any atom is 0.0991 e. The Kier molecular flexibility index (Phi) is 4.68. The second-order valence-corrected chi connectivity index (χ2v) is 6.43. The molecule has 1 aliphatic heterocycles. The first-order valence-corrected chi connectivity index (χ1v) is 7.63. The number of nitriles is 1. The number of thioether (sulfide) groups is 1. The van der Waals surface area contributed by atoms with Crippen LogP contribution in [-0.2, 0) is 0 Å². The van der Waals surface area contributed by atoms with Crippen molar-refractivity contribution in [3.8, 4) is 6.07 Å². The van der Waals surface area contributed by atoms with Crippen LogP contribution in [-0.4, -0.2) is 17.0 Å². The van der Waals surface area contributed by atoms with Gasteiger partial charge in [-0.25, -0.2) is 0 Å². The molecule has 1 aromatic carbocycles. The number of hydrogen-bond donors (Lipinski definition) is 1. The lowest BCUT2D eigenvalue weighted by Gasteiger charge is -2.32. The van der Waals surface area contributed by atoms with E-state index in [9.17, 15) is 0 Å². The van der Waals surface area contributed by atoms with Crippen molar-refractivity contribution in [2.75, 3.05) is 5.75 Å². The predicted octanol–water partition coefficient (Wildman–Crippen LogP) is 3.49. The zero-order valence-corrected chi connectivity index (χ0v) is 11.8. The van der Waals surface area contributed by atoms with Gasteiger partial charge in [0.15, 0.2) is 0 Å². The van der Waals surface area contributed by atoms with E-state index in [-0.39, 0.29) is 0 Å². The summed E-state index contributed by atoms with van der Waals surface area (Å²) in [5.74, 6) is 1.30. The third-order valence-corrected chi connectivity index (χ3v) is 4.99. The Balaban J connectivity index is 1.98. The van der Waals surface area contributed by atoms with Gasteiger partial charge in [-0.3, -0.25) is 0 Å². The number of benzene rings is 1. The lowest BCUT2D eigenvalue weighted by molar-refractivity contribution is 0.417. The molecule has 0 bridgehead atoms. The molecule has 1 aromatic rings. The summed E-state index contributed by atoms with van der Waals surface area (Å²) in [5.41, 5.74) is 1.99. The van der Waals surface area contributed by atoms with Crippen LogP contribution in [0.4, 0.5) is 0 Å². The molecule has 1 heterocycles. The zero-order chi connectivity index (χ0) is 13.0. The van der Waals surface area contributed by atoms with E-state index < -0.39 is 0 Å². The minimum absolute atomic E-state index is 0.351. The molecule has 1 aliphatic rings. The highest BCUT2D eigenvalue weighted by molar-refractivity contribution is 7.99. The fourth-order valence-corrected chi connectivity index (χ4v) is 3.56. The Hall–Kier alpha value is -0.980. The van der Waals surface area contributed by atoms with Crippen LogP contribution in [0.25, 0.3) is 0 Å². The molecule has 0 aromatic heterocycles. The second-order valence-electron chi connectivity index (χ2n) is 4.95. The first kappa shape index (κ1) is 13.5. The van der Waals surface area contributed by atoms with Crippen molar-refractivity contribution >= 4 is 11.8 Å². The minimum Gasteiger partial charge on any atom is -0.306 e. The van der Waals surface area contributed by atoms with Gasteiger partial charge in [-0.15, -0.1) is 0 Å². The van der Waals surface area contributed by atoms with Crippen molar-refractivity contribution in [2.24, 2.45) is 0 Å². The van der Waals surface area contributed by atoms with Crippen molar-refractivity contribution in [2.45, 2.75) is 44.0 Å². The van der Waals surface area contributed by atoms with Gasteiger partial charge in [-0.1, -0.05) is 19.1 Å². The summed E-state index contributed by atoms with van der Waals surface area (Å²) in [4.78, 5) is 0. The van der Waals surface area contributed by atoms with Crippen LogP contribution in [0.2, 0.25) is 0 Å². The SMILES string of the molecule is CC(NC1CCCSC1C)c1ccc(C#N)cc1.